The Morgan fingerprint density at radius 1 is 1.27 bits per heavy atom. The molecule has 0 aliphatic heterocycles. The smallest absolute Gasteiger partial charge is 0.350 e. The molecule has 3 heterocycles. The van der Waals surface area contributed by atoms with Crippen LogP contribution in [0.2, 0.25) is 0 Å². The van der Waals surface area contributed by atoms with Crippen molar-refractivity contribution in [2.24, 2.45) is 0 Å². The van der Waals surface area contributed by atoms with Crippen molar-refractivity contribution in [3.05, 3.63) is 57.3 Å². The lowest BCUT2D eigenvalue weighted by Crippen LogP contribution is -2.42. The first-order chi connectivity index (χ1) is 12.6. The average Bonchev–Trinajstić information content (AvgIpc) is 3.27. The standard InChI is InChI=1S/C17H19N5O3S/c1-2-20(11-15(23)18-10-13-6-5-9-26-13)16(24)12-22-17(25)21-8-4-3-7-14(21)19-22/h3-9H,2,10-12H2,1H3,(H,18,23). The fourth-order valence-electron chi connectivity index (χ4n) is 2.50. The van der Waals surface area contributed by atoms with Crippen LogP contribution in [-0.2, 0) is 22.7 Å². The number of amides is 2. The zero-order valence-electron chi connectivity index (χ0n) is 14.3. The Balaban J connectivity index is 1.61. The van der Waals surface area contributed by atoms with Gasteiger partial charge in [-0.05, 0) is 30.5 Å². The van der Waals surface area contributed by atoms with Gasteiger partial charge in [-0.2, -0.15) is 0 Å². The van der Waals surface area contributed by atoms with E-state index in [0.29, 0.717) is 18.7 Å². The summed E-state index contributed by atoms with van der Waals surface area (Å²) >= 11 is 1.56. The van der Waals surface area contributed by atoms with Gasteiger partial charge in [-0.15, -0.1) is 16.4 Å². The molecule has 0 atom stereocenters. The van der Waals surface area contributed by atoms with Crippen LogP contribution in [0.1, 0.15) is 11.8 Å². The van der Waals surface area contributed by atoms with E-state index in [0.717, 1.165) is 9.56 Å². The minimum Gasteiger partial charge on any atom is -0.350 e. The lowest BCUT2D eigenvalue weighted by molar-refractivity contribution is -0.136. The van der Waals surface area contributed by atoms with E-state index in [9.17, 15) is 14.4 Å². The van der Waals surface area contributed by atoms with Crippen LogP contribution in [0.15, 0.2) is 46.7 Å². The van der Waals surface area contributed by atoms with Crippen molar-refractivity contribution in [3.8, 4) is 0 Å². The topological polar surface area (TPSA) is 88.7 Å². The number of thiophene rings is 1. The van der Waals surface area contributed by atoms with Crippen molar-refractivity contribution in [2.75, 3.05) is 13.1 Å². The Morgan fingerprint density at radius 2 is 2.12 bits per heavy atom. The van der Waals surface area contributed by atoms with E-state index in [1.165, 1.54) is 9.30 Å². The molecule has 3 aromatic rings. The largest absolute Gasteiger partial charge is 0.350 e. The van der Waals surface area contributed by atoms with Gasteiger partial charge in [0.2, 0.25) is 11.8 Å². The first kappa shape index (κ1) is 17.9. The molecular weight excluding hydrogens is 354 g/mol. The van der Waals surface area contributed by atoms with Crippen LogP contribution in [0.3, 0.4) is 0 Å². The van der Waals surface area contributed by atoms with Crippen molar-refractivity contribution >= 4 is 28.8 Å². The van der Waals surface area contributed by atoms with Crippen molar-refractivity contribution in [1.29, 1.82) is 0 Å². The van der Waals surface area contributed by atoms with Crippen LogP contribution in [0.5, 0.6) is 0 Å². The summed E-state index contributed by atoms with van der Waals surface area (Å²) in [5.74, 6) is -0.569. The zero-order chi connectivity index (χ0) is 18.5. The van der Waals surface area contributed by atoms with Crippen LogP contribution in [0.25, 0.3) is 5.65 Å². The first-order valence-electron chi connectivity index (χ1n) is 8.19. The Morgan fingerprint density at radius 3 is 2.81 bits per heavy atom. The molecule has 26 heavy (non-hydrogen) atoms. The van der Waals surface area contributed by atoms with E-state index in [1.807, 2.05) is 17.5 Å². The Labute approximate surface area is 153 Å². The normalized spacial score (nSPS) is 10.8. The van der Waals surface area contributed by atoms with E-state index in [2.05, 4.69) is 10.4 Å². The van der Waals surface area contributed by atoms with Gasteiger partial charge in [0, 0.05) is 17.6 Å². The molecule has 0 aliphatic carbocycles. The van der Waals surface area contributed by atoms with Crippen molar-refractivity contribution in [3.63, 3.8) is 0 Å². The second-order valence-electron chi connectivity index (χ2n) is 5.63. The highest BCUT2D eigenvalue weighted by Crippen LogP contribution is 2.07. The van der Waals surface area contributed by atoms with Gasteiger partial charge in [-0.3, -0.25) is 14.0 Å². The number of pyridine rings is 1. The number of carbonyl (C=O) groups is 2. The Bertz CT molecular complexity index is 960. The van der Waals surface area contributed by atoms with Crippen molar-refractivity contribution < 1.29 is 9.59 Å². The molecule has 1 N–H and O–H groups in total. The van der Waals surface area contributed by atoms with Crippen LogP contribution < -0.4 is 11.0 Å². The Hall–Kier alpha value is -2.94. The van der Waals surface area contributed by atoms with Gasteiger partial charge in [0.1, 0.15) is 6.54 Å². The van der Waals surface area contributed by atoms with Crippen LogP contribution >= 0.6 is 11.3 Å². The monoisotopic (exact) mass is 373 g/mol. The lowest BCUT2D eigenvalue weighted by Gasteiger charge is -2.20. The summed E-state index contributed by atoms with van der Waals surface area (Å²) in [6.45, 7) is 2.34. The molecule has 0 radical (unpaired) electrons. The second-order valence-corrected chi connectivity index (χ2v) is 6.67. The summed E-state index contributed by atoms with van der Waals surface area (Å²) in [6, 6.07) is 9.03. The fraction of sp³-hybridized carbons (Fsp3) is 0.294. The minimum absolute atomic E-state index is 0.0527. The highest BCUT2D eigenvalue weighted by atomic mass is 32.1. The highest BCUT2D eigenvalue weighted by molar-refractivity contribution is 7.09. The molecule has 0 bridgehead atoms. The molecule has 3 rings (SSSR count). The lowest BCUT2D eigenvalue weighted by atomic mass is 10.4. The molecule has 136 valence electrons. The molecule has 8 nitrogen and oxygen atoms in total. The number of likely N-dealkylation sites (N-methyl/N-ethyl adjacent to an activating group) is 1. The third-order valence-electron chi connectivity index (χ3n) is 3.88. The van der Waals surface area contributed by atoms with Crippen LogP contribution in [-0.4, -0.2) is 44.0 Å². The molecule has 9 heteroatoms. The maximum Gasteiger partial charge on any atom is 0.350 e. The van der Waals surface area contributed by atoms with E-state index < -0.39 is 0 Å². The molecular formula is C17H19N5O3S. The third-order valence-corrected chi connectivity index (χ3v) is 4.76. The average molecular weight is 373 g/mol. The summed E-state index contributed by atoms with van der Waals surface area (Å²) in [4.78, 5) is 39.3. The highest BCUT2D eigenvalue weighted by Gasteiger charge is 2.18. The maximum atomic E-state index is 12.5. The summed E-state index contributed by atoms with van der Waals surface area (Å²) in [6.07, 6.45) is 1.60. The van der Waals surface area contributed by atoms with Crippen LogP contribution in [0, 0.1) is 0 Å². The SMILES string of the molecule is CCN(CC(=O)NCc1cccs1)C(=O)Cn1nc2ccccn2c1=O. The maximum absolute atomic E-state index is 12.5. The van der Waals surface area contributed by atoms with Gasteiger partial charge in [-0.1, -0.05) is 12.1 Å². The zero-order valence-corrected chi connectivity index (χ0v) is 15.1. The summed E-state index contributed by atoms with van der Waals surface area (Å²) < 4.78 is 2.49. The van der Waals surface area contributed by atoms with Gasteiger partial charge in [0.25, 0.3) is 0 Å². The summed E-state index contributed by atoms with van der Waals surface area (Å²) in [5, 5.41) is 8.87. The van der Waals surface area contributed by atoms with Crippen molar-refractivity contribution in [2.45, 2.75) is 20.0 Å². The first-order valence-corrected chi connectivity index (χ1v) is 9.07. The van der Waals surface area contributed by atoms with Gasteiger partial charge >= 0.3 is 5.69 Å². The molecule has 0 saturated heterocycles. The molecule has 3 aromatic heterocycles. The molecule has 0 aromatic carbocycles. The number of fused-ring (bicyclic) bond motifs is 1. The van der Waals surface area contributed by atoms with Crippen molar-refractivity contribution in [1.82, 2.24) is 24.4 Å². The van der Waals surface area contributed by atoms with Gasteiger partial charge in [-0.25, -0.2) is 9.48 Å². The molecule has 0 spiro atoms. The van der Waals surface area contributed by atoms with E-state index in [4.69, 9.17) is 0 Å². The number of rotatable bonds is 7. The predicted molar refractivity (Wildman–Crippen MR) is 97.9 cm³/mol. The molecule has 0 unspecified atom stereocenters. The van der Waals surface area contributed by atoms with Gasteiger partial charge < -0.3 is 10.2 Å². The summed E-state index contributed by atoms with van der Waals surface area (Å²) in [7, 11) is 0. The minimum atomic E-state index is -0.382. The number of hydrogen-bond acceptors (Lipinski definition) is 5. The van der Waals surface area contributed by atoms with E-state index >= 15 is 0 Å². The molecule has 0 aliphatic rings. The number of carbonyl (C=O) groups excluding carboxylic acids is 2. The van der Waals surface area contributed by atoms with Crippen LogP contribution in [0.4, 0.5) is 0 Å². The third kappa shape index (κ3) is 3.99. The predicted octanol–water partition coefficient (Wildman–Crippen LogP) is 0.722. The van der Waals surface area contributed by atoms with Gasteiger partial charge in [0.15, 0.2) is 5.65 Å². The van der Waals surface area contributed by atoms with E-state index in [-0.39, 0.29) is 30.6 Å². The molecule has 2 amide bonds. The molecule has 0 fully saturated rings. The number of nitrogens with one attached hydrogen (secondary N) is 1. The van der Waals surface area contributed by atoms with Gasteiger partial charge in [0.05, 0.1) is 13.1 Å². The second kappa shape index (κ2) is 7.96. The number of aromatic nitrogens is 3. The number of nitrogens with zero attached hydrogens (tertiary/aromatic N) is 4. The number of hydrogen-bond donors (Lipinski definition) is 1. The summed E-state index contributed by atoms with van der Waals surface area (Å²) in [5.41, 5.74) is 0.0918. The molecule has 0 saturated carbocycles. The Kier molecular flexibility index (Phi) is 5.47. The fourth-order valence-corrected chi connectivity index (χ4v) is 3.15. The quantitative estimate of drug-likeness (QED) is 0.661. The van der Waals surface area contributed by atoms with E-state index in [1.54, 1.807) is 42.7 Å².